The number of nitrogens with zero attached hydrogens (tertiary/aromatic N) is 3. The molecule has 0 spiro atoms. The summed E-state index contributed by atoms with van der Waals surface area (Å²) in [5, 5.41) is 8.36. The van der Waals surface area contributed by atoms with Gasteiger partial charge in [-0.25, -0.2) is 4.39 Å². The van der Waals surface area contributed by atoms with Crippen molar-refractivity contribution in [3.63, 3.8) is 0 Å². The fraction of sp³-hybridized carbons (Fsp3) is 0.211. The number of hydrogen-bond acceptors (Lipinski definition) is 5. The number of halogens is 1. The van der Waals surface area contributed by atoms with Crippen LogP contribution >= 0.6 is 11.8 Å². The van der Waals surface area contributed by atoms with Gasteiger partial charge >= 0.3 is 0 Å². The molecule has 0 bridgehead atoms. The topological polar surface area (TPSA) is 59.2 Å². The minimum atomic E-state index is -0.293. The summed E-state index contributed by atoms with van der Waals surface area (Å²) in [4.78, 5) is 13.8. The van der Waals surface area contributed by atoms with Crippen LogP contribution < -0.4 is 0 Å². The van der Waals surface area contributed by atoms with Gasteiger partial charge in [-0.15, -0.1) is 10.2 Å². The lowest BCUT2D eigenvalue weighted by atomic mass is 10.1. The Morgan fingerprint density at radius 2 is 1.96 bits per heavy atom. The van der Waals surface area contributed by atoms with Crippen LogP contribution in [0.3, 0.4) is 0 Å². The van der Waals surface area contributed by atoms with Crippen molar-refractivity contribution in [2.24, 2.45) is 0 Å². The van der Waals surface area contributed by atoms with Crippen LogP contribution in [0.4, 0.5) is 4.39 Å². The molecule has 2 aromatic carbocycles. The van der Waals surface area contributed by atoms with Gasteiger partial charge in [-0.1, -0.05) is 41.6 Å². The molecule has 1 heterocycles. The van der Waals surface area contributed by atoms with Crippen LogP contribution in [0.15, 0.2) is 58.2 Å². The Balaban J connectivity index is 1.55. The zero-order chi connectivity index (χ0) is 18.5. The van der Waals surface area contributed by atoms with Crippen LogP contribution in [0.5, 0.6) is 0 Å². The fourth-order valence-corrected chi connectivity index (χ4v) is 3.05. The average Bonchev–Trinajstić information content (AvgIpc) is 3.10. The predicted molar refractivity (Wildman–Crippen MR) is 98.1 cm³/mol. The van der Waals surface area contributed by atoms with Crippen molar-refractivity contribution in [3.05, 3.63) is 65.5 Å². The molecule has 0 radical (unpaired) electrons. The van der Waals surface area contributed by atoms with Crippen LogP contribution in [0.2, 0.25) is 0 Å². The summed E-state index contributed by atoms with van der Waals surface area (Å²) in [6, 6.07) is 13.9. The number of aromatic nitrogens is 2. The molecule has 7 heteroatoms. The number of hydrogen-bond donors (Lipinski definition) is 0. The average molecular weight is 371 g/mol. The van der Waals surface area contributed by atoms with Crippen molar-refractivity contribution >= 4 is 17.7 Å². The van der Waals surface area contributed by atoms with Crippen molar-refractivity contribution in [1.82, 2.24) is 15.1 Å². The maximum absolute atomic E-state index is 12.9. The van der Waals surface area contributed by atoms with E-state index in [9.17, 15) is 9.18 Å². The maximum Gasteiger partial charge on any atom is 0.277 e. The quantitative estimate of drug-likeness (QED) is 0.615. The van der Waals surface area contributed by atoms with E-state index in [2.05, 4.69) is 10.2 Å². The molecule has 0 unspecified atom stereocenters. The molecular formula is C19H18FN3O2S. The lowest BCUT2D eigenvalue weighted by Crippen LogP contribution is -2.27. The van der Waals surface area contributed by atoms with Gasteiger partial charge in [0, 0.05) is 19.2 Å². The van der Waals surface area contributed by atoms with E-state index in [0.717, 1.165) is 16.7 Å². The predicted octanol–water partition coefficient (Wildman–Crippen LogP) is 3.93. The number of amides is 1. The van der Waals surface area contributed by atoms with Crippen molar-refractivity contribution in [2.75, 3.05) is 12.8 Å². The summed E-state index contributed by atoms with van der Waals surface area (Å²) in [7, 11) is 1.71. The van der Waals surface area contributed by atoms with Crippen LogP contribution in [0.1, 0.15) is 11.1 Å². The van der Waals surface area contributed by atoms with Crippen LogP contribution in [0, 0.1) is 12.7 Å². The fourth-order valence-electron chi connectivity index (χ4n) is 2.35. The van der Waals surface area contributed by atoms with Gasteiger partial charge in [0.2, 0.25) is 11.8 Å². The van der Waals surface area contributed by atoms with Crippen molar-refractivity contribution < 1.29 is 13.6 Å². The van der Waals surface area contributed by atoms with E-state index >= 15 is 0 Å². The highest BCUT2D eigenvalue weighted by Crippen LogP contribution is 2.24. The Labute approximate surface area is 155 Å². The summed E-state index contributed by atoms with van der Waals surface area (Å²) in [6.45, 7) is 2.41. The first kappa shape index (κ1) is 18.1. The van der Waals surface area contributed by atoms with Gasteiger partial charge in [0.25, 0.3) is 5.22 Å². The molecule has 5 nitrogen and oxygen atoms in total. The van der Waals surface area contributed by atoms with Crippen LogP contribution in [0.25, 0.3) is 11.5 Å². The molecule has 0 aliphatic heterocycles. The molecule has 0 aliphatic rings. The summed E-state index contributed by atoms with van der Waals surface area (Å²) < 4.78 is 18.5. The van der Waals surface area contributed by atoms with Crippen molar-refractivity contribution in [2.45, 2.75) is 18.7 Å². The number of benzene rings is 2. The number of aryl methyl sites for hydroxylation is 1. The molecule has 26 heavy (non-hydrogen) atoms. The Kier molecular flexibility index (Phi) is 5.68. The number of thioether (sulfide) groups is 1. The standard InChI is InChI=1S/C19H18FN3O2S/c1-13-4-3-5-15(10-13)18-21-22-19(25-18)26-12-17(24)23(2)11-14-6-8-16(20)9-7-14/h3-10H,11-12H2,1-2H3. The first-order valence-electron chi connectivity index (χ1n) is 8.03. The van der Waals surface area contributed by atoms with Gasteiger partial charge < -0.3 is 9.32 Å². The zero-order valence-electron chi connectivity index (χ0n) is 14.5. The molecular weight excluding hydrogens is 353 g/mol. The molecule has 0 saturated carbocycles. The van der Waals surface area contributed by atoms with Gasteiger partial charge in [-0.05, 0) is 36.8 Å². The Morgan fingerprint density at radius 1 is 1.19 bits per heavy atom. The second-order valence-corrected chi connectivity index (χ2v) is 6.83. The second-order valence-electron chi connectivity index (χ2n) is 5.91. The molecule has 3 rings (SSSR count). The van der Waals surface area contributed by atoms with Crippen molar-refractivity contribution in [1.29, 1.82) is 0 Å². The minimum absolute atomic E-state index is 0.0744. The smallest absolute Gasteiger partial charge is 0.277 e. The zero-order valence-corrected chi connectivity index (χ0v) is 15.3. The molecule has 134 valence electrons. The first-order valence-corrected chi connectivity index (χ1v) is 9.01. The summed E-state index contributed by atoms with van der Waals surface area (Å²) in [6.07, 6.45) is 0. The van der Waals surface area contributed by atoms with Crippen LogP contribution in [-0.4, -0.2) is 33.8 Å². The van der Waals surface area contributed by atoms with Gasteiger partial charge in [0.1, 0.15) is 5.82 Å². The number of carbonyl (C=O) groups is 1. The normalized spacial score (nSPS) is 10.7. The van der Waals surface area contributed by atoms with E-state index < -0.39 is 0 Å². The van der Waals surface area contributed by atoms with Crippen LogP contribution in [-0.2, 0) is 11.3 Å². The van der Waals surface area contributed by atoms with E-state index in [1.54, 1.807) is 24.1 Å². The lowest BCUT2D eigenvalue weighted by molar-refractivity contribution is -0.127. The SMILES string of the molecule is Cc1cccc(-c2nnc(SCC(=O)N(C)Cc3ccc(F)cc3)o2)c1. The Morgan fingerprint density at radius 3 is 2.69 bits per heavy atom. The second kappa shape index (κ2) is 8.14. The first-order chi connectivity index (χ1) is 12.5. The highest BCUT2D eigenvalue weighted by molar-refractivity contribution is 7.99. The summed E-state index contributed by atoms with van der Waals surface area (Å²) >= 11 is 1.20. The summed E-state index contributed by atoms with van der Waals surface area (Å²) in [5.41, 5.74) is 2.82. The van der Waals surface area contributed by atoms with E-state index in [1.807, 2.05) is 31.2 Å². The Hall–Kier alpha value is -2.67. The molecule has 3 aromatic rings. The molecule has 0 fully saturated rings. The minimum Gasteiger partial charge on any atom is -0.411 e. The molecule has 0 saturated heterocycles. The third kappa shape index (κ3) is 4.70. The highest BCUT2D eigenvalue weighted by Gasteiger charge is 2.14. The monoisotopic (exact) mass is 371 g/mol. The highest BCUT2D eigenvalue weighted by atomic mass is 32.2. The summed E-state index contributed by atoms with van der Waals surface area (Å²) in [5.74, 6) is 0.254. The number of carbonyl (C=O) groups excluding carboxylic acids is 1. The number of rotatable bonds is 6. The molecule has 1 aromatic heterocycles. The molecule has 1 amide bonds. The van der Waals surface area contributed by atoms with E-state index in [-0.39, 0.29) is 17.5 Å². The third-order valence-corrected chi connectivity index (χ3v) is 4.55. The van der Waals surface area contributed by atoms with E-state index in [1.165, 1.54) is 23.9 Å². The largest absolute Gasteiger partial charge is 0.411 e. The molecule has 0 atom stereocenters. The molecule has 0 aliphatic carbocycles. The third-order valence-electron chi connectivity index (χ3n) is 3.75. The maximum atomic E-state index is 12.9. The van der Waals surface area contributed by atoms with E-state index in [0.29, 0.717) is 17.7 Å². The molecule has 0 N–H and O–H groups in total. The van der Waals surface area contributed by atoms with E-state index in [4.69, 9.17) is 4.42 Å². The lowest BCUT2D eigenvalue weighted by Gasteiger charge is -2.16. The van der Waals surface area contributed by atoms with Crippen molar-refractivity contribution in [3.8, 4) is 11.5 Å². The van der Waals surface area contributed by atoms with Gasteiger partial charge in [0.15, 0.2) is 0 Å². The Bertz CT molecular complexity index is 896. The van der Waals surface area contributed by atoms with Gasteiger partial charge in [-0.2, -0.15) is 0 Å². The van der Waals surface area contributed by atoms with Gasteiger partial charge in [0.05, 0.1) is 5.75 Å². The van der Waals surface area contributed by atoms with Gasteiger partial charge in [-0.3, -0.25) is 4.79 Å².